The number of ether oxygens (including phenoxy) is 3. The summed E-state index contributed by atoms with van der Waals surface area (Å²) in [5.74, 6) is 2.43. The van der Waals surface area contributed by atoms with Crippen molar-refractivity contribution < 1.29 is 19.0 Å². The number of rotatable bonds is 8. The second-order valence-electron chi connectivity index (χ2n) is 10.9. The normalized spacial score (nSPS) is 24.0. The van der Waals surface area contributed by atoms with E-state index in [-0.39, 0.29) is 5.91 Å². The van der Waals surface area contributed by atoms with Gasteiger partial charge in [-0.25, -0.2) is 0 Å². The van der Waals surface area contributed by atoms with Crippen LogP contribution in [0.25, 0.3) is 0 Å². The molecule has 1 aliphatic carbocycles. The molecule has 35 heavy (non-hydrogen) atoms. The van der Waals surface area contributed by atoms with E-state index < -0.39 is 6.10 Å². The number of carbonyl (C=O) groups is 1. The zero-order valence-electron chi connectivity index (χ0n) is 20.7. The van der Waals surface area contributed by atoms with Crippen LogP contribution in [0.5, 0.6) is 11.5 Å². The first-order valence-electron chi connectivity index (χ1n) is 13.2. The third-order valence-corrected chi connectivity index (χ3v) is 8.23. The minimum absolute atomic E-state index is 0.0315. The molecule has 0 aromatic heterocycles. The Kier molecular flexibility index (Phi) is 6.19. The van der Waals surface area contributed by atoms with Gasteiger partial charge in [0, 0.05) is 30.6 Å². The predicted octanol–water partition coefficient (Wildman–Crippen LogP) is 4.55. The van der Waals surface area contributed by atoms with Crippen molar-refractivity contribution in [3.63, 3.8) is 0 Å². The number of benzene rings is 2. The Morgan fingerprint density at radius 2 is 1.77 bits per heavy atom. The third-order valence-electron chi connectivity index (χ3n) is 8.23. The van der Waals surface area contributed by atoms with Crippen LogP contribution in [-0.2, 0) is 9.53 Å². The SMILES string of the molecule is Cc1cc(N2CC[C@H](Oc3ccc(C4CC4)cc3)C2=O)ccc1OCCN1CCC2(CC1)COC2. The molecule has 3 saturated heterocycles. The van der Waals surface area contributed by atoms with Crippen molar-refractivity contribution in [2.75, 3.05) is 50.9 Å². The number of likely N-dealkylation sites (tertiary alicyclic amines) is 1. The summed E-state index contributed by atoms with van der Waals surface area (Å²) in [6, 6.07) is 14.3. The van der Waals surface area contributed by atoms with Crippen LogP contribution in [0.15, 0.2) is 42.5 Å². The number of hydrogen-bond donors (Lipinski definition) is 0. The summed E-state index contributed by atoms with van der Waals surface area (Å²) < 4.78 is 17.6. The van der Waals surface area contributed by atoms with Crippen molar-refractivity contribution in [2.24, 2.45) is 5.41 Å². The van der Waals surface area contributed by atoms with E-state index in [0.29, 0.717) is 25.0 Å². The molecule has 186 valence electrons. The van der Waals surface area contributed by atoms with Gasteiger partial charge in [-0.1, -0.05) is 12.1 Å². The lowest BCUT2D eigenvalue weighted by molar-refractivity contribution is -0.139. The van der Waals surface area contributed by atoms with Crippen LogP contribution in [0.1, 0.15) is 49.1 Å². The van der Waals surface area contributed by atoms with Crippen LogP contribution in [0.2, 0.25) is 0 Å². The van der Waals surface area contributed by atoms with Crippen molar-refractivity contribution in [3.05, 3.63) is 53.6 Å². The van der Waals surface area contributed by atoms with E-state index in [2.05, 4.69) is 30.0 Å². The van der Waals surface area contributed by atoms with E-state index in [1.807, 2.05) is 29.2 Å². The molecular formula is C29H36N2O4. The minimum Gasteiger partial charge on any atom is -0.492 e. The van der Waals surface area contributed by atoms with Crippen LogP contribution >= 0.6 is 0 Å². The van der Waals surface area contributed by atoms with Crippen molar-refractivity contribution in [2.45, 2.75) is 51.0 Å². The fourth-order valence-electron chi connectivity index (χ4n) is 5.60. The number of hydrogen-bond acceptors (Lipinski definition) is 5. The number of nitrogens with zero attached hydrogens (tertiary/aromatic N) is 2. The average molecular weight is 477 g/mol. The molecule has 1 atom stereocenters. The van der Waals surface area contributed by atoms with Gasteiger partial charge in [-0.3, -0.25) is 9.69 Å². The van der Waals surface area contributed by atoms with Gasteiger partial charge in [0.2, 0.25) is 0 Å². The molecule has 4 aliphatic rings. The molecule has 6 nitrogen and oxygen atoms in total. The Balaban J connectivity index is 0.996. The topological polar surface area (TPSA) is 51.2 Å². The van der Waals surface area contributed by atoms with E-state index in [9.17, 15) is 4.79 Å². The largest absolute Gasteiger partial charge is 0.492 e. The number of amides is 1. The maximum atomic E-state index is 13.1. The van der Waals surface area contributed by atoms with E-state index in [1.54, 1.807) is 0 Å². The Labute approximate surface area is 208 Å². The van der Waals surface area contributed by atoms with Gasteiger partial charge in [0.15, 0.2) is 6.10 Å². The van der Waals surface area contributed by atoms with Gasteiger partial charge in [-0.15, -0.1) is 0 Å². The second kappa shape index (κ2) is 9.47. The van der Waals surface area contributed by atoms with Crippen molar-refractivity contribution in [1.82, 2.24) is 4.90 Å². The molecule has 4 fully saturated rings. The molecule has 3 aliphatic heterocycles. The lowest BCUT2D eigenvalue weighted by Crippen LogP contribution is -2.51. The highest BCUT2D eigenvalue weighted by molar-refractivity contribution is 5.99. The van der Waals surface area contributed by atoms with Gasteiger partial charge in [0.1, 0.15) is 18.1 Å². The molecule has 0 bridgehead atoms. The molecule has 0 unspecified atom stereocenters. The molecule has 2 aromatic rings. The van der Waals surface area contributed by atoms with Gasteiger partial charge in [0.05, 0.1) is 13.2 Å². The fraction of sp³-hybridized carbons (Fsp3) is 0.552. The average Bonchev–Trinajstić information content (AvgIpc) is 3.64. The number of aryl methyl sites for hydroxylation is 1. The molecule has 6 heteroatoms. The summed E-state index contributed by atoms with van der Waals surface area (Å²) in [5.41, 5.74) is 3.82. The Morgan fingerprint density at radius 1 is 1.00 bits per heavy atom. The van der Waals surface area contributed by atoms with Gasteiger partial charge >= 0.3 is 0 Å². The highest BCUT2D eigenvalue weighted by Crippen LogP contribution is 2.41. The monoisotopic (exact) mass is 476 g/mol. The summed E-state index contributed by atoms with van der Waals surface area (Å²) in [4.78, 5) is 17.4. The molecule has 3 heterocycles. The van der Waals surface area contributed by atoms with Crippen LogP contribution < -0.4 is 14.4 Å². The first kappa shape index (κ1) is 22.9. The second-order valence-corrected chi connectivity index (χ2v) is 10.9. The number of piperidine rings is 1. The van der Waals surface area contributed by atoms with Gasteiger partial charge < -0.3 is 19.1 Å². The van der Waals surface area contributed by atoms with Crippen LogP contribution in [0.3, 0.4) is 0 Å². The van der Waals surface area contributed by atoms with E-state index >= 15 is 0 Å². The molecule has 1 saturated carbocycles. The summed E-state index contributed by atoms with van der Waals surface area (Å²) in [5, 5.41) is 0. The maximum absolute atomic E-state index is 13.1. The highest BCUT2D eigenvalue weighted by atomic mass is 16.5. The number of anilines is 1. The Hall–Kier alpha value is -2.57. The Bertz CT molecular complexity index is 1050. The minimum atomic E-state index is -0.423. The van der Waals surface area contributed by atoms with Gasteiger partial charge in [-0.05, 0) is 93.1 Å². The van der Waals surface area contributed by atoms with Crippen LogP contribution in [0.4, 0.5) is 5.69 Å². The zero-order chi connectivity index (χ0) is 23.8. The lowest BCUT2D eigenvalue weighted by atomic mass is 9.77. The summed E-state index contributed by atoms with van der Waals surface area (Å²) in [7, 11) is 0. The molecule has 6 rings (SSSR count). The van der Waals surface area contributed by atoms with Crippen LogP contribution in [0, 0.1) is 12.3 Å². The first-order chi connectivity index (χ1) is 17.1. The first-order valence-corrected chi connectivity index (χ1v) is 13.2. The quantitative estimate of drug-likeness (QED) is 0.560. The fourth-order valence-corrected chi connectivity index (χ4v) is 5.60. The Morgan fingerprint density at radius 3 is 2.43 bits per heavy atom. The summed E-state index contributed by atoms with van der Waals surface area (Å²) in [6.45, 7) is 8.52. The van der Waals surface area contributed by atoms with Gasteiger partial charge in [-0.2, -0.15) is 0 Å². The molecule has 1 amide bonds. The molecular weight excluding hydrogens is 440 g/mol. The van der Waals surface area contributed by atoms with E-state index in [4.69, 9.17) is 14.2 Å². The van der Waals surface area contributed by atoms with Crippen molar-refractivity contribution in [1.29, 1.82) is 0 Å². The smallest absolute Gasteiger partial charge is 0.268 e. The molecule has 0 radical (unpaired) electrons. The lowest BCUT2D eigenvalue weighted by Gasteiger charge is -2.47. The highest BCUT2D eigenvalue weighted by Gasteiger charge is 2.41. The standard InChI is InChI=1S/C29H36N2O4/c1-21-18-24(6-9-26(21)34-17-16-30-14-11-29(12-15-30)19-33-20-29)31-13-10-27(28(31)32)35-25-7-4-23(5-8-25)22-2-3-22/h4-9,18,22,27H,2-3,10-17,19-20H2,1H3/t27-/m0/s1. The molecule has 0 N–H and O–H groups in total. The van der Waals surface area contributed by atoms with Crippen molar-refractivity contribution >= 4 is 11.6 Å². The molecule has 2 aromatic carbocycles. The third kappa shape index (κ3) is 4.91. The number of carbonyl (C=O) groups excluding carboxylic acids is 1. The molecule has 1 spiro atoms. The maximum Gasteiger partial charge on any atom is 0.268 e. The summed E-state index contributed by atoms with van der Waals surface area (Å²) in [6.07, 6.45) is 5.32. The van der Waals surface area contributed by atoms with E-state index in [0.717, 1.165) is 61.5 Å². The van der Waals surface area contributed by atoms with Crippen LogP contribution in [-0.4, -0.2) is 62.9 Å². The van der Waals surface area contributed by atoms with Gasteiger partial charge in [0.25, 0.3) is 5.91 Å². The summed E-state index contributed by atoms with van der Waals surface area (Å²) >= 11 is 0. The zero-order valence-corrected chi connectivity index (χ0v) is 20.7. The van der Waals surface area contributed by atoms with E-state index in [1.165, 1.54) is 31.2 Å². The van der Waals surface area contributed by atoms with Crippen molar-refractivity contribution in [3.8, 4) is 11.5 Å². The predicted molar refractivity (Wildman–Crippen MR) is 135 cm³/mol.